The molecule has 0 bridgehead atoms. The number of halogens is 3. The second kappa shape index (κ2) is 4.36. The van der Waals surface area contributed by atoms with E-state index in [0.29, 0.717) is 0 Å². The summed E-state index contributed by atoms with van der Waals surface area (Å²) in [6.07, 6.45) is 2.22. The Morgan fingerprint density at radius 3 is 2.08 bits per heavy atom. The average molecular weight is 233 g/mol. The van der Waals surface area contributed by atoms with E-state index in [2.05, 4.69) is 0 Å². The fourth-order valence-electron chi connectivity index (χ4n) is 0.839. The largest absolute Gasteiger partial charge is 1.00 e. The molecule has 0 saturated carbocycles. The number of rotatable bonds is 0. The number of benzene rings is 1. The molecule has 1 aromatic carbocycles. The van der Waals surface area contributed by atoms with E-state index in [1.165, 1.54) is 18.2 Å². The molecule has 0 N–H and O–H groups in total. The van der Waals surface area contributed by atoms with Gasteiger partial charge in [-0.2, -0.15) is 13.2 Å². The van der Waals surface area contributed by atoms with E-state index < -0.39 is 11.7 Å². The summed E-state index contributed by atoms with van der Waals surface area (Å²) in [5, 5.41) is 0. The Morgan fingerprint density at radius 2 is 1.69 bits per heavy atom. The second-order valence-corrected chi connectivity index (χ2v) is 2.17. The molecule has 0 fully saturated rings. The van der Waals surface area contributed by atoms with Gasteiger partial charge in [0.1, 0.15) is 0 Å². The molecule has 0 aliphatic carbocycles. The van der Waals surface area contributed by atoms with E-state index in [1.807, 2.05) is 0 Å². The Bertz CT molecular complexity index is 322. The fourth-order valence-corrected chi connectivity index (χ4v) is 0.839. The van der Waals surface area contributed by atoms with Crippen molar-refractivity contribution in [1.82, 2.24) is 0 Å². The first-order valence-electron chi connectivity index (χ1n) is 3.14. The van der Waals surface area contributed by atoms with Crippen LogP contribution in [0.1, 0.15) is 11.1 Å². The van der Waals surface area contributed by atoms with Crippen LogP contribution >= 0.6 is 0 Å². The van der Waals surface area contributed by atoms with Crippen LogP contribution in [-0.4, -0.2) is 0 Å². The molecule has 0 atom stereocenters. The SMILES string of the molecule is [C-]#Cc1ccccc1C(F)(F)F.[Cu+]. The molecule has 0 amide bonds. The van der Waals surface area contributed by atoms with Gasteiger partial charge in [-0.25, -0.2) is 0 Å². The maximum absolute atomic E-state index is 12.1. The summed E-state index contributed by atoms with van der Waals surface area (Å²) in [6, 6.07) is 4.85. The first-order chi connectivity index (χ1) is 5.55. The minimum absolute atomic E-state index is 0. The monoisotopic (exact) mass is 232 g/mol. The Labute approximate surface area is 84.6 Å². The second-order valence-electron chi connectivity index (χ2n) is 2.17. The van der Waals surface area contributed by atoms with Crippen molar-refractivity contribution in [3.8, 4) is 5.92 Å². The third kappa shape index (κ3) is 2.80. The van der Waals surface area contributed by atoms with Gasteiger partial charge in [0.15, 0.2) is 0 Å². The molecular weight excluding hydrogens is 229 g/mol. The topological polar surface area (TPSA) is 0 Å². The summed E-state index contributed by atoms with van der Waals surface area (Å²) >= 11 is 0. The fraction of sp³-hybridized carbons (Fsp3) is 0.111. The quantitative estimate of drug-likeness (QED) is 0.367. The summed E-state index contributed by atoms with van der Waals surface area (Å²) in [5.41, 5.74) is -1.05. The van der Waals surface area contributed by atoms with E-state index in [-0.39, 0.29) is 22.6 Å². The van der Waals surface area contributed by atoms with Crippen LogP contribution in [-0.2, 0) is 23.2 Å². The maximum Gasteiger partial charge on any atom is 1.00 e. The molecule has 0 aliphatic rings. The first kappa shape index (κ1) is 12.1. The maximum atomic E-state index is 12.1. The Hall–Kier alpha value is -0.911. The van der Waals surface area contributed by atoms with Gasteiger partial charge in [-0.05, 0) is 5.56 Å². The van der Waals surface area contributed by atoms with Gasteiger partial charge in [0, 0.05) is 0 Å². The molecule has 0 heterocycles. The van der Waals surface area contributed by atoms with Gasteiger partial charge >= 0.3 is 23.2 Å². The van der Waals surface area contributed by atoms with Crippen LogP contribution in [0.3, 0.4) is 0 Å². The molecule has 1 rings (SSSR count). The van der Waals surface area contributed by atoms with Crippen LogP contribution in [0.25, 0.3) is 0 Å². The van der Waals surface area contributed by atoms with Gasteiger partial charge < -0.3 is 6.42 Å². The Morgan fingerprint density at radius 1 is 1.15 bits per heavy atom. The van der Waals surface area contributed by atoms with Crippen LogP contribution < -0.4 is 0 Å². The molecule has 4 heteroatoms. The molecule has 0 aromatic heterocycles. The van der Waals surface area contributed by atoms with Crippen molar-refractivity contribution in [3.05, 3.63) is 41.8 Å². The van der Waals surface area contributed by atoms with Crippen LogP contribution in [0, 0.1) is 12.3 Å². The van der Waals surface area contributed by atoms with Crippen molar-refractivity contribution in [3.63, 3.8) is 0 Å². The first-order valence-corrected chi connectivity index (χ1v) is 3.14. The predicted molar refractivity (Wildman–Crippen MR) is 37.7 cm³/mol. The minimum Gasteiger partial charge on any atom is -0.366 e. The van der Waals surface area contributed by atoms with Gasteiger partial charge in [-0.1, -0.05) is 18.2 Å². The van der Waals surface area contributed by atoms with Crippen molar-refractivity contribution in [2.45, 2.75) is 6.18 Å². The van der Waals surface area contributed by atoms with Crippen molar-refractivity contribution in [1.29, 1.82) is 0 Å². The van der Waals surface area contributed by atoms with Crippen LogP contribution in [0.15, 0.2) is 24.3 Å². The summed E-state index contributed by atoms with van der Waals surface area (Å²) < 4.78 is 36.3. The van der Waals surface area contributed by atoms with E-state index in [9.17, 15) is 13.2 Å². The molecule has 13 heavy (non-hydrogen) atoms. The molecule has 0 radical (unpaired) electrons. The minimum atomic E-state index is -4.40. The smallest absolute Gasteiger partial charge is 0.366 e. The zero-order valence-electron chi connectivity index (χ0n) is 6.24. The molecule has 0 aliphatic heterocycles. The van der Waals surface area contributed by atoms with E-state index in [4.69, 9.17) is 6.42 Å². The number of alkyl halides is 3. The number of hydrogen-bond acceptors (Lipinski definition) is 0. The molecule has 0 unspecified atom stereocenters. The molecular formula is C9H4CuF3. The van der Waals surface area contributed by atoms with E-state index in [1.54, 1.807) is 5.92 Å². The van der Waals surface area contributed by atoms with Gasteiger partial charge in [0.25, 0.3) is 0 Å². The van der Waals surface area contributed by atoms with Crippen molar-refractivity contribution < 1.29 is 30.2 Å². The van der Waals surface area contributed by atoms with E-state index >= 15 is 0 Å². The summed E-state index contributed by atoms with van der Waals surface area (Å²) in [5.74, 6) is 1.73. The molecule has 0 saturated heterocycles. The van der Waals surface area contributed by atoms with Crippen LogP contribution in [0.4, 0.5) is 13.2 Å². The molecule has 72 valence electrons. The molecule has 0 spiro atoms. The van der Waals surface area contributed by atoms with Crippen molar-refractivity contribution >= 4 is 0 Å². The van der Waals surface area contributed by atoms with Crippen LogP contribution in [0.5, 0.6) is 0 Å². The molecule has 0 nitrogen and oxygen atoms in total. The predicted octanol–water partition coefficient (Wildman–Crippen LogP) is 2.64. The normalized spacial score (nSPS) is 10.0. The zero-order valence-corrected chi connectivity index (χ0v) is 7.19. The summed E-state index contributed by atoms with van der Waals surface area (Å²) in [6.45, 7) is 0. The third-order valence-corrected chi connectivity index (χ3v) is 1.37. The van der Waals surface area contributed by atoms with Gasteiger partial charge in [0.2, 0.25) is 0 Å². The van der Waals surface area contributed by atoms with E-state index in [0.717, 1.165) is 6.07 Å². The van der Waals surface area contributed by atoms with Crippen molar-refractivity contribution in [2.24, 2.45) is 0 Å². The standard InChI is InChI=1S/C9H4F3.Cu/c1-2-7-5-3-4-6-8(7)9(10,11)12;/h3-6H;/q-1;+1. The average Bonchev–Trinajstić information content (AvgIpc) is 2.03. The number of hydrogen-bond donors (Lipinski definition) is 0. The zero-order chi connectivity index (χ0) is 9.19. The summed E-state index contributed by atoms with van der Waals surface area (Å²) in [4.78, 5) is 0. The van der Waals surface area contributed by atoms with Gasteiger partial charge in [-0.3, -0.25) is 5.92 Å². The van der Waals surface area contributed by atoms with Crippen LogP contribution in [0.2, 0.25) is 0 Å². The van der Waals surface area contributed by atoms with Crippen molar-refractivity contribution in [2.75, 3.05) is 0 Å². The summed E-state index contributed by atoms with van der Waals surface area (Å²) in [7, 11) is 0. The molecule has 1 aromatic rings. The Kier molecular flexibility index (Phi) is 4.06. The van der Waals surface area contributed by atoms with Gasteiger partial charge in [-0.15, -0.1) is 11.6 Å². The Balaban J connectivity index is 0.00000144. The third-order valence-electron chi connectivity index (χ3n) is 1.37. The van der Waals surface area contributed by atoms with Gasteiger partial charge in [0.05, 0.1) is 0 Å².